The zero-order valence-corrected chi connectivity index (χ0v) is 14.4. The largest absolute Gasteiger partial charge is 0.346 e. The first kappa shape index (κ1) is 17.1. The Labute approximate surface area is 137 Å². The summed E-state index contributed by atoms with van der Waals surface area (Å²) in [5, 5.41) is 5.62. The van der Waals surface area contributed by atoms with Gasteiger partial charge in [0, 0.05) is 23.1 Å². The molecule has 2 aromatic rings. The van der Waals surface area contributed by atoms with E-state index < -0.39 is 11.2 Å². The van der Waals surface area contributed by atoms with E-state index in [0.717, 1.165) is 15.3 Å². The van der Waals surface area contributed by atoms with Crippen LogP contribution in [0.5, 0.6) is 0 Å². The second kappa shape index (κ2) is 6.49. The zero-order valence-electron chi connectivity index (χ0n) is 13.5. The molecule has 0 spiro atoms. The highest BCUT2D eigenvalue weighted by molar-refractivity contribution is 7.09. The number of aromatic amines is 1. The van der Waals surface area contributed by atoms with Gasteiger partial charge in [-0.2, -0.15) is 0 Å². The first-order valence-electron chi connectivity index (χ1n) is 7.22. The number of H-pyrrole nitrogens is 1. The molecular formula is C15H20N4O3S. The predicted octanol–water partition coefficient (Wildman–Crippen LogP) is 1.17. The predicted molar refractivity (Wildman–Crippen MR) is 88.7 cm³/mol. The third-order valence-corrected chi connectivity index (χ3v) is 4.28. The van der Waals surface area contributed by atoms with Gasteiger partial charge in [-0.05, 0) is 6.92 Å². The summed E-state index contributed by atoms with van der Waals surface area (Å²) < 4.78 is 1.14. The molecular weight excluding hydrogens is 316 g/mol. The molecule has 8 heteroatoms. The van der Waals surface area contributed by atoms with Crippen molar-refractivity contribution in [3.8, 4) is 0 Å². The molecule has 2 rings (SSSR count). The van der Waals surface area contributed by atoms with Crippen molar-refractivity contribution in [2.75, 3.05) is 0 Å². The van der Waals surface area contributed by atoms with E-state index in [-0.39, 0.29) is 23.9 Å². The Morgan fingerprint density at radius 2 is 2.13 bits per heavy atom. The van der Waals surface area contributed by atoms with Crippen LogP contribution >= 0.6 is 11.3 Å². The van der Waals surface area contributed by atoms with Crippen molar-refractivity contribution in [3.63, 3.8) is 0 Å². The third-order valence-electron chi connectivity index (χ3n) is 3.25. The van der Waals surface area contributed by atoms with Gasteiger partial charge >= 0.3 is 5.69 Å². The Morgan fingerprint density at radius 1 is 1.43 bits per heavy atom. The van der Waals surface area contributed by atoms with Crippen LogP contribution in [-0.2, 0) is 16.8 Å². The van der Waals surface area contributed by atoms with Gasteiger partial charge in [0.25, 0.3) is 5.56 Å². The number of nitrogens with zero attached hydrogens (tertiary/aromatic N) is 2. The molecule has 2 N–H and O–H groups in total. The molecule has 2 heterocycles. The molecule has 0 aromatic carbocycles. The fourth-order valence-corrected chi connectivity index (χ4v) is 2.96. The minimum atomic E-state index is -0.607. The molecule has 124 valence electrons. The minimum Gasteiger partial charge on any atom is -0.346 e. The summed E-state index contributed by atoms with van der Waals surface area (Å²) >= 11 is 1.50. The molecule has 0 saturated carbocycles. The van der Waals surface area contributed by atoms with Crippen LogP contribution in [-0.4, -0.2) is 20.4 Å². The van der Waals surface area contributed by atoms with Crippen LogP contribution in [0, 0.1) is 0 Å². The van der Waals surface area contributed by atoms with Crippen molar-refractivity contribution in [3.05, 3.63) is 49.2 Å². The summed E-state index contributed by atoms with van der Waals surface area (Å²) in [6, 6.07) is 0.955. The summed E-state index contributed by atoms with van der Waals surface area (Å²) in [5.74, 6) is -0.320. The van der Waals surface area contributed by atoms with Gasteiger partial charge in [-0.15, -0.1) is 11.3 Å². The molecule has 0 unspecified atom stereocenters. The van der Waals surface area contributed by atoms with E-state index >= 15 is 0 Å². The maximum Gasteiger partial charge on any atom is 0.328 e. The van der Waals surface area contributed by atoms with Crippen molar-refractivity contribution in [2.45, 2.75) is 45.7 Å². The van der Waals surface area contributed by atoms with Crippen LogP contribution in [0.4, 0.5) is 0 Å². The van der Waals surface area contributed by atoms with Crippen molar-refractivity contribution in [2.24, 2.45) is 0 Å². The van der Waals surface area contributed by atoms with Crippen molar-refractivity contribution in [1.82, 2.24) is 19.9 Å². The molecule has 0 aliphatic rings. The molecule has 0 aliphatic carbocycles. The number of hydrogen-bond donors (Lipinski definition) is 2. The molecule has 0 fully saturated rings. The first-order valence-corrected chi connectivity index (χ1v) is 8.10. The van der Waals surface area contributed by atoms with Crippen molar-refractivity contribution >= 4 is 17.2 Å². The Hall–Kier alpha value is -2.22. The molecule has 0 bridgehead atoms. The standard InChI is InChI=1S/C15H20N4O3S/c1-9(13-17-10(8-23-13)15(2,3)4)16-12(21)7-19-6-5-11(20)18-14(19)22/h5-6,8-9H,7H2,1-4H3,(H,16,21)(H,18,20,22)/t9-/m1/s1. The maximum absolute atomic E-state index is 12.1. The second-order valence-corrected chi connectivity index (χ2v) is 7.24. The molecule has 0 saturated heterocycles. The Balaban J connectivity index is 2.03. The summed E-state index contributed by atoms with van der Waals surface area (Å²) in [5.41, 5.74) is -0.153. The van der Waals surface area contributed by atoms with Crippen LogP contribution in [0.2, 0.25) is 0 Å². The van der Waals surface area contributed by atoms with Crippen LogP contribution in [0.25, 0.3) is 0 Å². The number of hydrogen-bond acceptors (Lipinski definition) is 5. The molecule has 23 heavy (non-hydrogen) atoms. The normalized spacial score (nSPS) is 12.9. The molecule has 2 aromatic heterocycles. The van der Waals surface area contributed by atoms with Crippen molar-refractivity contribution in [1.29, 1.82) is 0 Å². The lowest BCUT2D eigenvalue weighted by atomic mass is 9.93. The number of amides is 1. The number of carbonyl (C=O) groups excluding carboxylic acids is 1. The zero-order chi connectivity index (χ0) is 17.2. The van der Waals surface area contributed by atoms with E-state index in [9.17, 15) is 14.4 Å². The van der Waals surface area contributed by atoms with Gasteiger partial charge in [-0.3, -0.25) is 19.1 Å². The van der Waals surface area contributed by atoms with Gasteiger partial charge in [-0.25, -0.2) is 9.78 Å². The topological polar surface area (TPSA) is 96.9 Å². The average Bonchev–Trinajstić information content (AvgIpc) is 2.91. The first-order chi connectivity index (χ1) is 10.7. The van der Waals surface area contributed by atoms with Gasteiger partial charge < -0.3 is 5.32 Å². The van der Waals surface area contributed by atoms with Crippen LogP contribution in [0.15, 0.2) is 27.2 Å². The second-order valence-electron chi connectivity index (χ2n) is 6.35. The lowest BCUT2D eigenvalue weighted by molar-refractivity contribution is -0.122. The summed E-state index contributed by atoms with van der Waals surface area (Å²) in [6.07, 6.45) is 1.30. The number of aromatic nitrogens is 3. The number of thiazole rings is 1. The summed E-state index contributed by atoms with van der Waals surface area (Å²) in [7, 11) is 0. The number of carbonyl (C=O) groups is 1. The molecule has 1 amide bonds. The van der Waals surface area contributed by atoms with Gasteiger partial charge in [0.15, 0.2) is 0 Å². The van der Waals surface area contributed by atoms with E-state index in [1.54, 1.807) is 0 Å². The van der Waals surface area contributed by atoms with Gasteiger partial charge in [-0.1, -0.05) is 20.8 Å². The van der Waals surface area contributed by atoms with E-state index in [0.29, 0.717) is 0 Å². The fourth-order valence-electron chi connectivity index (χ4n) is 1.90. The minimum absolute atomic E-state index is 0.0400. The Morgan fingerprint density at radius 3 is 2.70 bits per heavy atom. The van der Waals surface area contributed by atoms with E-state index in [4.69, 9.17) is 0 Å². The quantitative estimate of drug-likeness (QED) is 0.876. The van der Waals surface area contributed by atoms with Crippen LogP contribution in [0.3, 0.4) is 0 Å². The fraction of sp³-hybridized carbons (Fsp3) is 0.467. The Bertz CT molecular complexity index is 813. The van der Waals surface area contributed by atoms with E-state index in [2.05, 4.69) is 36.1 Å². The maximum atomic E-state index is 12.1. The average molecular weight is 336 g/mol. The highest BCUT2D eigenvalue weighted by Gasteiger charge is 2.20. The monoisotopic (exact) mass is 336 g/mol. The molecule has 0 radical (unpaired) electrons. The molecule has 0 aliphatic heterocycles. The smallest absolute Gasteiger partial charge is 0.328 e. The summed E-state index contributed by atoms with van der Waals surface area (Å²) in [6.45, 7) is 7.93. The SMILES string of the molecule is C[C@@H](NC(=O)Cn1ccc(=O)[nH]c1=O)c1nc(C(C)(C)C)cs1. The van der Waals surface area contributed by atoms with Gasteiger partial charge in [0.2, 0.25) is 5.91 Å². The van der Waals surface area contributed by atoms with Crippen molar-refractivity contribution < 1.29 is 4.79 Å². The van der Waals surface area contributed by atoms with Gasteiger partial charge in [0.1, 0.15) is 11.6 Å². The third kappa shape index (κ3) is 4.38. The highest BCUT2D eigenvalue weighted by atomic mass is 32.1. The molecule has 1 atom stereocenters. The van der Waals surface area contributed by atoms with Crippen LogP contribution < -0.4 is 16.6 Å². The Kier molecular flexibility index (Phi) is 4.84. The summed E-state index contributed by atoms with van der Waals surface area (Å²) in [4.78, 5) is 41.3. The van der Waals surface area contributed by atoms with E-state index in [1.165, 1.54) is 23.6 Å². The van der Waals surface area contributed by atoms with E-state index in [1.807, 2.05) is 12.3 Å². The van der Waals surface area contributed by atoms with Gasteiger partial charge in [0.05, 0.1) is 11.7 Å². The van der Waals surface area contributed by atoms with Crippen LogP contribution in [0.1, 0.15) is 44.4 Å². The lowest BCUT2D eigenvalue weighted by Gasteiger charge is -2.15. The number of nitrogens with one attached hydrogen (secondary N) is 2. The lowest BCUT2D eigenvalue weighted by Crippen LogP contribution is -2.36. The number of rotatable bonds is 4. The molecule has 7 nitrogen and oxygen atoms in total. The highest BCUT2D eigenvalue weighted by Crippen LogP contribution is 2.26.